The summed E-state index contributed by atoms with van der Waals surface area (Å²) >= 11 is 1.53. The van der Waals surface area contributed by atoms with Crippen molar-refractivity contribution in [3.8, 4) is 0 Å². The molecule has 1 fully saturated rings. The standard InChI is InChI=1S/C28H33N7OS/c1-20-6-8-23(9-7-20)33(3)26-11-10-24-27(32-26)37-28(30-24)31-25-19-22(12-13-29-25)5-4-14-34-15-17-35(18-16-34)21(2)36/h6-13,19H,4-5,14-18H2,1-3H3,(H,29,30,31). The number of thiazole rings is 1. The molecule has 8 nitrogen and oxygen atoms in total. The molecule has 1 N–H and O–H groups in total. The number of piperazine rings is 1. The average Bonchev–Trinajstić information content (AvgIpc) is 3.30. The predicted octanol–water partition coefficient (Wildman–Crippen LogP) is 5.00. The Labute approximate surface area is 222 Å². The number of rotatable bonds is 8. The van der Waals surface area contributed by atoms with Crippen LogP contribution in [0.25, 0.3) is 10.3 Å². The Morgan fingerprint density at radius 3 is 2.59 bits per heavy atom. The molecule has 0 unspecified atom stereocenters. The van der Waals surface area contributed by atoms with E-state index in [1.807, 2.05) is 30.3 Å². The number of aromatic nitrogens is 3. The highest BCUT2D eigenvalue weighted by molar-refractivity contribution is 7.21. The Bertz CT molecular complexity index is 1360. The third kappa shape index (κ3) is 6.23. The summed E-state index contributed by atoms with van der Waals surface area (Å²) in [5, 5.41) is 4.15. The van der Waals surface area contributed by atoms with Gasteiger partial charge in [0.25, 0.3) is 0 Å². The van der Waals surface area contributed by atoms with Crippen LogP contribution in [-0.2, 0) is 11.2 Å². The van der Waals surface area contributed by atoms with Gasteiger partial charge < -0.3 is 15.1 Å². The van der Waals surface area contributed by atoms with Crippen molar-refractivity contribution in [1.82, 2.24) is 24.8 Å². The summed E-state index contributed by atoms with van der Waals surface area (Å²) in [5.41, 5.74) is 4.45. The molecular weight excluding hydrogens is 482 g/mol. The largest absolute Gasteiger partial charge is 0.340 e. The zero-order valence-corrected chi connectivity index (χ0v) is 22.5. The summed E-state index contributed by atoms with van der Waals surface area (Å²) in [4.78, 5) is 32.9. The summed E-state index contributed by atoms with van der Waals surface area (Å²) in [7, 11) is 2.03. The van der Waals surface area contributed by atoms with Gasteiger partial charge in [-0.1, -0.05) is 29.0 Å². The Kier molecular flexibility index (Phi) is 7.62. The molecule has 0 radical (unpaired) electrons. The number of pyridine rings is 2. The minimum atomic E-state index is 0.176. The third-order valence-electron chi connectivity index (χ3n) is 6.82. The molecule has 0 aliphatic carbocycles. The minimum Gasteiger partial charge on any atom is -0.340 e. The van der Waals surface area contributed by atoms with Gasteiger partial charge in [-0.25, -0.2) is 15.0 Å². The molecule has 192 valence electrons. The van der Waals surface area contributed by atoms with E-state index in [1.165, 1.54) is 22.5 Å². The number of hydrogen-bond donors (Lipinski definition) is 1. The second-order valence-corrected chi connectivity index (χ2v) is 10.5. The van der Waals surface area contributed by atoms with Crippen molar-refractivity contribution in [3.63, 3.8) is 0 Å². The fourth-order valence-electron chi connectivity index (χ4n) is 4.55. The van der Waals surface area contributed by atoms with Crippen molar-refractivity contribution in [1.29, 1.82) is 0 Å². The fraction of sp³-hybridized carbons (Fsp3) is 0.357. The second kappa shape index (κ2) is 11.2. The van der Waals surface area contributed by atoms with E-state index in [0.717, 1.165) is 78.4 Å². The number of benzene rings is 1. The maximum absolute atomic E-state index is 11.5. The molecule has 1 aliphatic rings. The quantitative estimate of drug-likeness (QED) is 0.354. The van der Waals surface area contributed by atoms with Crippen molar-refractivity contribution in [2.45, 2.75) is 26.7 Å². The van der Waals surface area contributed by atoms with Crippen molar-refractivity contribution in [3.05, 3.63) is 65.9 Å². The van der Waals surface area contributed by atoms with Crippen LogP contribution in [0, 0.1) is 6.92 Å². The zero-order chi connectivity index (χ0) is 25.8. The normalized spacial score (nSPS) is 14.2. The van der Waals surface area contributed by atoms with Gasteiger partial charge in [-0.2, -0.15) is 0 Å². The number of anilines is 4. The maximum Gasteiger partial charge on any atom is 0.219 e. The van der Waals surface area contributed by atoms with Crippen LogP contribution in [0.15, 0.2) is 54.7 Å². The lowest BCUT2D eigenvalue weighted by Gasteiger charge is -2.34. The number of aryl methyl sites for hydroxylation is 2. The Morgan fingerprint density at radius 2 is 1.84 bits per heavy atom. The first-order valence-corrected chi connectivity index (χ1v) is 13.5. The fourth-order valence-corrected chi connectivity index (χ4v) is 5.39. The van der Waals surface area contributed by atoms with Crippen LogP contribution in [0.4, 0.5) is 22.5 Å². The zero-order valence-electron chi connectivity index (χ0n) is 21.6. The molecule has 3 aromatic heterocycles. The van der Waals surface area contributed by atoms with Gasteiger partial charge in [-0.15, -0.1) is 0 Å². The van der Waals surface area contributed by atoms with Gasteiger partial charge >= 0.3 is 0 Å². The lowest BCUT2D eigenvalue weighted by molar-refractivity contribution is -0.130. The van der Waals surface area contributed by atoms with E-state index in [4.69, 9.17) is 9.97 Å². The topological polar surface area (TPSA) is 77.5 Å². The smallest absolute Gasteiger partial charge is 0.219 e. The van der Waals surface area contributed by atoms with E-state index in [-0.39, 0.29) is 5.91 Å². The number of nitrogens with zero attached hydrogens (tertiary/aromatic N) is 6. The Morgan fingerprint density at radius 1 is 1.05 bits per heavy atom. The van der Waals surface area contributed by atoms with Crippen LogP contribution in [0.5, 0.6) is 0 Å². The highest BCUT2D eigenvalue weighted by atomic mass is 32.1. The van der Waals surface area contributed by atoms with Crippen LogP contribution in [0.1, 0.15) is 24.5 Å². The first-order valence-electron chi connectivity index (χ1n) is 12.7. The molecule has 5 rings (SSSR count). The lowest BCUT2D eigenvalue weighted by atomic mass is 10.1. The van der Waals surface area contributed by atoms with Crippen molar-refractivity contribution in [2.75, 3.05) is 50.0 Å². The first-order chi connectivity index (χ1) is 17.9. The van der Waals surface area contributed by atoms with Crippen LogP contribution < -0.4 is 10.2 Å². The van der Waals surface area contributed by atoms with Crippen molar-refractivity contribution in [2.24, 2.45) is 0 Å². The molecule has 1 aromatic carbocycles. The summed E-state index contributed by atoms with van der Waals surface area (Å²) in [6, 6.07) is 16.6. The highest BCUT2D eigenvalue weighted by Crippen LogP contribution is 2.30. The van der Waals surface area contributed by atoms with Crippen molar-refractivity contribution >= 4 is 50.0 Å². The van der Waals surface area contributed by atoms with Gasteiger partial charge in [0.05, 0.1) is 0 Å². The molecule has 4 heterocycles. The molecular formula is C28H33N7OS. The minimum absolute atomic E-state index is 0.176. The maximum atomic E-state index is 11.5. The molecule has 1 aliphatic heterocycles. The lowest BCUT2D eigenvalue weighted by Crippen LogP contribution is -2.48. The third-order valence-corrected chi connectivity index (χ3v) is 7.70. The highest BCUT2D eigenvalue weighted by Gasteiger charge is 2.18. The van der Waals surface area contributed by atoms with Gasteiger partial charge in [0.1, 0.15) is 22.0 Å². The molecule has 4 aromatic rings. The van der Waals surface area contributed by atoms with E-state index >= 15 is 0 Å². The Balaban J connectivity index is 1.18. The SMILES string of the molecule is CC(=O)N1CCN(CCCc2ccnc(Nc3nc4ccc(N(C)c5ccc(C)cc5)nc4s3)c2)CC1. The predicted molar refractivity (Wildman–Crippen MR) is 151 cm³/mol. The molecule has 0 atom stereocenters. The van der Waals surface area contributed by atoms with Gasteiger partial charge in [0, 0.05) is 52.0 Å². The van der Waals surface area contributed by atoms with E-state index in [1.54, 1.807) is 6.92 Å². The van der Waals surface area contributed by atoms with Crippen molar-refractivity contribution < 1.29 is 4.79 Å². The van der Waals surface area contributed by atoms with Crippen LogP contribution in [0.2, 0.25) is 0 Å². The molecule has 0 spiro atoms. The van der Waals surface area contributed by atoms with Gasteiger partial charge in [-0.3, -0.25) is 9.69 Å². The van der Waals surface area contributed by atoms with Gasteiger partial charge in [0.2, 0.25) is 5.91 Å². The van der Waals surface area contributed by atoms with Gasteiger partial charge in [0.15, 0.2) is 5.13 Å². The second-order valence-electron chi connectivity index (χ2n) is 9.53. The molecule has 0 saturated carbocycles. The molecule has 1 amide bonds. The first kappa shape index (κ1) is 25.1. The van der Waals surface area contributed by atoms with E-state index in [2.05, 4.69) is 63.4 Å². The summed E-state index contributed by atoms with van der Waals surface area (Å²) < 4.78 is 0. The molecule has 1 saturated heterocycles. The Hall–Kier alpha value is -3.56. The summed E-state index contributed by atoms with van der Waals surface area (Å²) in [5.74, 6) is 1.86. The van der Waals surface area contributed by atoms with Crippen LogP contribution in [0.3, 0.4) is 0 Å². The average molecular weight is 516 g/mol. The molecule has 9 heteroatoms. The number of carbonyl (C=O) groups is 1. The number of amides is 1. The summed E-state index contributed by atoms with van der Waals surface area (Å²) in [6.07, 6.45) is 3.91. The van der Waals surface area contributed by atoms with Crippen LogP contribution >= 0.6 is 11.3 Å². The summed E-state index contributed by atoms with van der Waals surface area (Å²) in [6.45, 7) is 8.36. The van der Waals surface area contributed by atoms with E-state index in [9.17, 15) is 4.79 Å². The van der Waals surface area contributed by atoms with Gasteiger partial charge in [-0.05, 0) is 68.3 Å². The number of carbonyl (C=O) groups excluding carboxylic acids is 1. The number of fused-ring (bicyclic) bond motifs is 1. The number of hydrogen-bond acceptors (Lipinski definition) is 8. The van der Waals surface area contributed by atoms with E-state index in [0.29, 0.717) is 0 Å². The van der Waals surface area contributed by atoms with Crippen LogP contribution in [-0.4, -0.2) is 70.4 Å². The number of nitrogens with one attached hydrogen (secondary N) is 1. The monoisotopic (exact) mass is 515 g/mol. The molecule has 0 bridgehead atoms. The van der Waals surface area contributed by atoms with E-state index < -0.39 is 0 Å². The molecule has 37 heavy (non-hydrogen) atoms.